The van der Waals surface area contributed by atoms with Gasteiger partial charge in [0.25, 0.3) is 0 Å². The van der Waals surface area contributed by atoms with E-state index in [-0.39, 0.29) is 42.3 Å². The quantitative estimate of drug-likeness (QED) is 0.334. The topological polar surface area (TPSA) is 84.8 Å². The third-order valence-electron chi connectivity index (χ3n) is 6.53. The first-order chi connectivity index (χ1) is 17.9. The van der Waals surface area contributed by atoms with Crippen LogP contribution in [0.5, 0.6) is 0 Å². The first-order valence-electron chi connectivity index (χ1n) is 12.1. The molecule has 0 aromatic heterocycles. The molecular weight excluding hydrogens is 478 g/mol. The maximum atomic E-state index is 13.9. The smallest absolute Gasteiger partial charge is 0.223 e. The summed E-state index contributed by atoms with van der Waals surface area (Å²) < 4.78 is 27.0. The molecule has 1 N–H and O–H groups in total. The van der Waals surface area contributed by atoms with Crippen LogP contribution in [0.3, 0.4) is 0 Å². The maximum absolute atomic E-state index is 13.9. The highest BCUT2D eigenvalue weighted by molar-refractivity contribution is 6.21. The molecule has 1 unspecified atom stereocenters. The lowest BCUT2D eigenvalue weighted by Gasteiger charge is -2.09. The lowest BCUT2D eigenvalue weighted by molar-refractivity contribution is -0.124. The Bertz CT molecular complexity index is 1430. The summed E-state index contributed by atoms with van der Waals surface area (Å²) in [5.41, 5.74) is 4.40. The molecule has 0 spiro atoms. The second-order valence-corrected chi connectivity index (χ2v) is 9.22. The van der Waals surface area contributed by atoms with Gasteiger partial charge in [-0.2, -0.15) is 0 Å². The van der Waals surface area contributed by atoms with E-state index in [0.29, 0.717) is 36.2 Å². The lowest BCUT2D eigenvalue weighted by Crippen LogP contribution is -2.28. The minimum atomic E-state index is -0.728. The molecule has 1 heterocycles. The van der Waals surface area contributed by atoms with Gasteiger partial charge in [-0.05, 0) is 41.3 Å². The number of Topliss-reactive ketones (excluding diaryl/α,β-unsaturated/α-hetero) is 1. The van der Waals surface area contributed by atoms with Gasteiger partial charge >= 0.3 is 0 Å². The molecule has 3 aromatic carbocycles. The highest BCUT2D eigenvalue weighted by Crippen LogP contribution is 2.36. The number of hydrogen-bond acceptors (Lipinski definition) is 5. The number of benzene rings is 3. The van der Waals surface area contributed by atoms with Crippen molar-refractivity contribution in [3.05, 3.63) is 94.6 Å². The van der Waals surface area contributed by atoms with Crippen LogP contribution in [-0.2, 0) is 20.8 Å². The van der Waals surface area contributed by atoms with Crippen LogP contribution in [0.25, 0.3) is 11.1 Å². The lowest BCUT2D eigenvalue weighted by atomic mass is 9.99. The van der Waals surface area contributed by atoms with Crippen molar-refractivity contribution >= 4 is 23.2 Å². The predicted molar refractivity (Wildman–Crippen MR) is 133 cm³/mol. The van der Waals surface area contributed by atoms with E-state index in [4.69, 9.17) is 4.84 Å². The van der Waals surface area contributed by atoms with E-state index in [1.54, 1.807) is 6.07 Å². The molecule has 0 saturated carbocycles. The molecule has 8 heteroatoms. The summed E-state index contributed by atoms with van der Waals surface area (Å²) in [7, 11) is 0. The van der Waals surface area contributed by atoms with Crippen molar-refractivity contribution in [2.75, 3.05) is 6.54 Å². The number of nitrogens with one attached hydrogen (secondary N) is 1. The van der Waals surface area contributed by atoms with E-state index in [0.717, 1.165) is 28.8 Å². The molecule has 5 rings (SSSR count). The largest absolute Gasteiger partial charge is 0.391 e. The third kappa shape index (κ3) is 5.33. The third-order valence-corrected chi connectivity index (χ3v) is 6.53. The average molecular weight is 503 g/mol. The average Bonchev–Trinajstić information content (AvgIpc) is 3.44. The van der Waals surface area contributed by atoms with Gasteiger partial charge in [0, 0.05) is 48.6 Å². The fourth-order valence-electron chi connectivity index (χ4n) is 4.71. The molecule has 0 radical (unpaired) electrons. The molecule has 2 aliphatic rings. The van der Waals surface area contributed by atoms with Crippen molar-refractivity contribution in [1.29, 1.82) is 0 Å². The maximum Gasteiger partial charge on any atom is 0.223 e. The minimum absolute atomic E-state index is 0.0193. The first kappa shape index (κ1) is 24.5. The van der Waals surface area contributed by atoms with Gasteiger partial charge in [0.15, 0.2) is 5.78 Å². The number of ketones is 2. The number of carbonyl (C=O) groups excluding carboxylic acids is 3. The normalized spacial score (nSPS) is 15.6. The molecule has 0 bridgehead atoms. The Hall–Kier alpha value is -4.20. The van der Waals surface area contributed by atoms with Gasteiger partial charge in [-0.25, -0.2) is 8.78 Å². The molecule has 1 aliphatic carbocycles. The monoisotopic (exact) mass is 502 g/mol. The summed E-state index contributed by atoms with van der Waals surface area (Å²) in [5, 5.41) is 6.60. The predicted octanol–water partition coefficient (Wildman–Crippen LogP) is 4.77. The van der Waals surface area contributed by atoms with Crippen molar-refractivity contribution in [3.8, 4) is 11.1 Å². The Balaban J connectivity index is 1.03. The zero-order valence-electron chi connectivity index (χ0n) is 19.9. The molecule has 6 nitrogen and oxygen atoms in total. The fraction of sp³-hybridized carbons (Fsp3) is 0.241. The molecule has 188 valence electrons. The molecule has 0 saturated heterocycles. The molecule has 1 amide bonds. The van der Waals surface area contributed by atoms with E-state index in [1.165, 1.54) is 6.07 Å². The van der Waals surface area contributed by atoms with Crippen molar-refractivity contribution in [2.45, 2.75) is 38.2 Å². The van der Waals surface area contributed by atoms with E-state index < -0.39 is 17.7 Å². The van der Waals surface area contributed by atoms with Crippen LogP contribution in [0.1, 0.15) is 52.7 Å². The fourth-order valence-corrected chi connectivity index (χ4v) is 4.71. The Morgan fingerprint density at radius 1 is 0.946 bits per heavy atom. The van der Waals surface area contributed by atoms with Gasteiger partial charge in [0.1, 0.15) is 23.5 Å². The Morgan fingerprint density at radius 3 is 2.51 bits per heavy atom. The molecule has 37 heavy (non-hydrogen) atoms. The Labute approximate surface area is 212 Å². The van der Waals surface area contributed by atoms with Gasteiger partial charge < -0.3 is 10.2 Å². The Morgan fingerprint density at radius 2 is 1.70 bits per heavy atom. The van der Waals surface area contributed by atoms with Gasteiger partial charge in [-0.3, -0.25) is 14.4 Å². The van der Waals surface area contributed by atoms with Gasteiger partial charge in [0.05, 0.1) is 12.1 Å². The number of fused-ring (bicyclic) bond motifs is 3. The number of oxime groups is 1. The molecule has 1 aliphatic heterocycles. The van der Waals surface area contributed by atoms with E-state index in [2.05, 4.69) is 10.5 Å². The number of nitrogens with zero attached hydrogens (tertiary/aromatic N) is 1. The summed E-state index contributed by atoms with van der Waals surface area (Å²) in [6, 6.07) is 16.3. The van der Waals surface area contributed by atoms with Crippen molar-refractivity contribution in [2.24, 2.45) is 5.16 Å². The minimum Gasteiger partial charge on any atom is -0.391 e. The number of halogens is 2. The summed E-state index contributed by atoms with van der Waals surface area (Å²) in [5.74, 6) is -1.66. The SMILES string of the molecule is O=C(CCCNC(=O)CC1CC(c2ccc(F)cc2F)=NO1)Cc1ccc2c(c1)C(=O)c1ccccc1-2. The van der Waals surface area contributed by atoms with Gasteiger partial charge in [-0.1, -0.05) is 41.6 Å². The van der Waals surface area contributed by atoms with Crippen molar-refractivity contribution in [1.82, 2.24) is 5.32 Å². The molecular formula is C29H24F2N2O4. The second-order valence-electron chi connectivity index (χ2n) is 9.22. The number of hydrogen-bond donors (Lipinski definition) is 1. The highest BCUT2D eigenvalue weighted by atomic mass is 19.1. The molecule has 0 fully saturated rings. The highest BCUT2D eigenvalue weighted by Gasteiger charge is 2.27. The zero-order valence-corrected chi connectivity index (χ0v) is 19.9. The number of carbonyl (C=O) groups is 3. The summed E-state index contributed by atoms with van der Waals surface area (Å²) in [4.78, 5) is 42.6. The second kappa shape index (κ2) is 10.4. The standard InChI is InChI=1S/C29H24F2N2O4/c30-18-8-10-24(26(31)14-18)27-15-20(37-33-27)16-28(35)32-11-3-4-19(34)12-17-7-9-22-21-5-1-2-6-23(21)29(36)25(22)13-17/h1-2,5-10,13-14,20H,3-4,11-12,15-16H2,(H,32,35). The van der Waals surface area contributed by atoms with Crippen LogP contribution in [0.15, 0.2) is 65.8 Å². The zero-order chi connectivity index (χ0) is 25.9. The van der Waals surface area contributed by atoms with Crippen LogP contribution in [0.4, 0.5) is 8.78 Å². The number of rotatable bonds is 9. The molecule has 1 atom stereocenters. The van der Waals surface area contributed by atoms with E-state index >= 15 is 0 Å². The first-order valence-corrected chi connectivity index (χ1v) is 12.1. The van der Waals surface area contributed by atoms with Gasteiger partial charge in [0.2, 0.25) is 5.91 Å². The van der Waals surface area contributed by atoms with Gasteiger partial charge in [-0.15, -0.1) is 0 Å². The van der Waals surface area contributed by atoms with E-state index in [1.807, 2.05) is 36.4 Å². The van der Waals surface area contributed by atoms with Crippen LogP contribution >= 0.6 is 0 Å². The Kier molecular flexibility index (Phi) is 6.90. The summed E-state index contributed by atoms with van der Waals surface area (Å²) >= 11 is 0. The summed E-state index contributed by atoms with van der Waals surface area (Å²) in [6.45, 7) is 0.329. The number of amides is 1. The van der Waals surface area contributed by atoms with E-state index in [9.17, 15) is 23.2 Å². The summed E-state index contributed by atoms with van der Waals surface area (Å²) in [6.07, 6.45) is 0.741. The van der Waals surface area contributed by atoms with Crippen LogP contribution in [0.2, 0.25) is 0 Å². The van der Waals surface area contributed by atoms with Crippen LogP contribution < -0.4 is 5.32 Å². The van der Waals surface area contributed by atoms with Crippen LogP contribution in [0, 0.1) is 11.6 Å². The van der Waals surface area contributed by atoms with Crippen molar-refractivity contribution in [3.63, 3.8) is 0 Å². The van der Waals surface area contributed by atoms with Crippen LogP contribution in [-0.4, -0.2) is 35.8 Å². The molecule has 3 aromatic rings. The van der Waals surface area contributed by atoms with Crippen molar-refractivity contribution < 1.29 is 28.0 Å².